The van der Waals surface area contributed by atoms with Crippen molar-refractivity contribution in [3.05, 3.63) is 35.4 Å². The van der Waals surface area contributed by atoms with E-state index in [1.807, 2.05) is 12.1 Å². The standard InChI is InChI=1S/C14H19NO2/c1-10-6-3-4-7-12(10)11(2)15-9-5-8-13(15)14(16)17/h3-4,6-7,11,13H,5,8-9H2,1-2H3,(H,16,17). The molecule has 0 spiro atoms. The van der Waals surface area contributed by atoms with Crippen molar-refractivity contribution in [2.24, 2.45) is 0 Å². The van der Waals surface area contributed by atoms with Crippen molar-refractivity contribution < 1.29 is 9.90 Å². The van der Waals surface area contributed by atoms with Crippen LogP contribution in [0.5, 0.6) is 0 Å². The molecule has 0 radical (unpaired) electrons. The van der Waals surface area contributed by atoms with Crippen LogP contribution in [-0.4, -0.2) is 28.6 Å². The van der Waals surface area contributed by atoms with Gasteiger partial charge in [0.2, 0.25) is 0 Å². The van der Waals surface area contributed by atoms with Crippen LogP contribution in [0.3, 0.4) is 0 Å². The zero-order valence-electron chi connectivity index (χ0n) is 10.4. The number of benzene rings is 1. The highest BCUT2D eigenvalue weighted by Crippen LogP contribution is 2.30. The average Bonchev–Trinajstić information content (AvgIpc) is 2.77. The number of hydrogen-bond acceptors (Lipinski definition) is 2. The summed E-state index contributed by atoms with van der Waals surface area (Å²) in [6.45, 7) is 5.06. The molecule has 0 bridgehead atoms. The van der Waals surface area contributed by atoms with Crippen LogP contribution < -0.4 is 0 Å². The molecular weight excluding hydrogens is 214 g/mol. The van der Waals surface area contributed by atoms with E-state index in [1.54, 1.807) is 0 Å². The molecule has 1 aliphatic heterocycles. The lowest BCUT2D eigenvalue weighted by Crippen LogP contribution is -2.37. The Labute approximate surface area is 102 Å². The van der Waals surface area contributed by atoms with E-state index in [-0.39, 0.29) is 12.1 Å². The molecule has 2 unspecified atom stereocenters. The van der Waals surface area contributed by atoms with E-state index in [9.17, 15) is 9.90 Å². The molecule has 92 valence electrons. The van der Waals surface area contributed by atoms with Gasteiger partial charge < -0.3 is 5.11 Å². The molecule has 0 aliphatic carbocycles. The van der Waals surface area contributed by atoms with Gasteiger partial charge >= 0.3 is 5.97 Å². The number of aryl methyl sites for hydroxylation is 1. The summed E-state index contributed by atoms with van der Waals surface area (Å²) in [4.78, 5) is 13.3. The number of rotatable bonds is 3. The highest BCUT2D eigenvalue weighted by atomic mass is 16.4. The molecule has 2 atom stereocenters. The SMILES string of the molecule is Cc1ccccc1C(C)N1CCCC1C(=O)O. The van der Waals surface area contributed by atoms with Crippen LogP contribution in [-0.2, 0) is 4.79 Å². The molecule has 1 saturated heterocycles. The topological polar surface area (TPSA) is 40.5 Å². The van der Waals surface area contributed by atoms with Crippen LogP contribution in [0.1, 0.15) is 36.9 Å². The Kier molecular flexibility index (Phi) is 3.48. The fourth-order valence-electron chi connectivity index (χ4n) is 2.75. The predicted molar refractivity (Wildman–Crippen MR) is 67.0 cm³/mol. The summed E-state index contributed by atoms with van der Waals surface area (Å²) in [6.07, 6.45) is 1.75. The molecule has 1 N–H and O–H groups in total. The van der Waals surface area contributed by atoms with Crippen LogP contribution in [0.4, 0.5) is 0 Å². The Balaban J connectivity index is 2.23. The third-order valence-corrected chi connectivity index (χ3v) is 3.72. The van der Waals surface area contributed by atoms with Crippen molar-refractivity contribution in [1.29, 1.82) is 0 Å². The number of hydrogen-bond donors (Lipinski definition) is 1. The molecule has 1 fully saturated rings. The Morgan fingerprint density at radius 1 is 1.47 bits per heavy atom. The molecule has 3 nitrogen and oxygen atoms in total. The fourth-order valence-corrected chi connectivity index (χ4v) is 2.75. The van der Waals surface area contributed by atoms with Gasteiger partial charge in [0.15, 0.2) is 0 Å². The number of carbonyl (C=O) groups is 1. The van der Waals surface area contributed by atoms with Crippen molar-refractivity contribution in [2.75, 3.05) is 6.54 Å². The van der Waals surface area contributed by atoms with E-state index in [0.717, 1.165) is 19.4 Å². The number of aliphatic carboxylic acids is 1. The van der Waals surface area contributed by atoms with E-state index < -0.39 is 5.97 Å². The first kappa shape index (κ1) is 12.1. The first-order valence-corrected chi connectivity index (χ1v) is 6.15. The maximum atomic E-state index is 11.2. The van der Waals surface area contributed by atoms with Gasteiger partial charge in [0.1, 0.15) is 6.04 Å². The quantitative estimate of drug-likeness (QED) is 0.872. The van der Waals surface area contributed by atoms with Crippen LogP contribution in [0.25, 0.3) is 0 Å². The van der Waals surface area contributed by atoms with E-state index >= 15 is 0 Å². The average molecular weight is 233 g/mol. The summed E-state index contributed by atoms with van der Waals surface area (Å²) < 4.78 is 0. The lowest BCUT2D eigenvalue weighted by atomic mass is 10.0. The molecule has 1 aromatic carbocycles. The van der Waals surface area contributed by atoms with Crippen LogP contribution in [0, 0.1) is 6.92 Å². The van der Waals surface area contributed by atoms with Crippen LogP contribution in [0.15, 0.2) is 24.3 Å². The van der Waals surface area contributed by atoms with Gasteiger partial charge in [-0.15, -0.1) is 0 Å². The predicted octanol–water partition coefficient (Wildman–Crippen LogP) is 2.61. The van der Waals surface area contributed by atoms with Gasteiger partial charge in [-0.25, -0.2) is 0 Å². The maximum absolute atomic E-state index is 11.2. The first-order valence-electron chi connectivity index (χ1n) is 6.15. The zero-order chi connectivity index (χ0) is 12.4. The second kappa shape index (κ2) is 4.88. The van der Waals surface area contributed by atoms with E-state index in [4.69, 9.17) is 0 Å². The van der Waals surface area contributed by atoms with E-state index in [2.05, 4.69) is 30.9 Å². The number of likely N-dealkylation sites (tertiary alicyclic amines) is 1. The summed E-state index contributed by atoms with van der Waals surface area (Å²) in [5, 5.41) is 9.21. The number of carboxylic acid groups (broad SMARTS) is 1. The molecule has 1 heterocycles. The summed E-state index contributed by atoms with van der Waals surface area (Å²) in [5.41, 5.74) is 2.47. The number of nitrogens with zero attached hydrogens (tertiary/aromatic N) is 1. The molecule has 2 rings (SSSR count). The minimum Gasteiger partial charge on any atom is -0.480 e. The summed E-state index contributed by atoms with van der Waals surface area (Å²) in [6, 6.07) is 8.08. The van der Waals surface area contributed by atoms with Crippen molar-refractivity contribution in [3.8, 4) is 0 Å². The zero-order valence-corrected chi connectivity index (χ0v) is 10.4. The van der Waals surface area contributed by atoms with E-state index in [1.165, 1.54) is 11.1 Å². The summed E-state index contributed by atoms with van der Waals surface area (Å²) >= 11 is 0. The van der Waals surface area contributed by atoms with Gasteiger partial charge in [0.05, 0.1) is 0 Å². The minimum absolute atomic E-state index is 0.180. The third kappa shape index (κ3) is 2.34. The van der Waals surface area contributed by atoms with Gasteiger partial charge in [-0.05, 0) is 44.4 Å². The summed E-state index contributed by atoms with van der Waals surface area (Å²) in [7, 11) is 0. The maximum Gasteiger partial charge on any atom is 0.320 e. The molecule has 0 aromatic heterocycles. The van der Waals surface area contributed by atoms with Crippen molar-refractivity contribution in [3.63, 3.8) is 0 Å². The van der Waals surface area contributed by atoms with Crippen LogP contribution in [0.2, 0.25) is 0 Å². The Bertz CT molecular complexity index is 416. The van der Waals surface area contributed by atoms with Gasteiger partial charge in [0.25, 0.3) is 0 Å². The van der Waals surface area contributed by atoms with Crippen LogP contribution >= 0.6 is 0 Å². The first-order chi connectivity index (χ1) is 8.11. The normalized spacial score (nSPS) is 22.6. The molecular formula is C14H19NO2. The van der Waals surface area contributed by atoms with Gasteiger partial charge in [-0.3, -0.25) is 9.69 Å². The van der Waals surface area contributed by atoms with Gasteiger partial charge in [0, 0.05) is 6.04 Å². The second-order valence-electron chi connectivity index (χ2n) is 4.77. The lowest BCUT2D eigenvalue weighted by molar-refractivity contribution is -0.142. The largest absolute Gasteiger partial charge is 0.480 e. The monoisotopic (exact) mass is 233 g/mol. The van der Waals surface area contributed by atoms with Gasteiger partial charge in [-0.1, -0.05) is 24.3 Å². The third-order valence-electron chi connectivity index (χ3n) is 3.72. The summed E-state index contributed by atoms with van der Waals surface area (Å²) in [5.74, 6) is -0.692. The smallest absolute Gasteiger partial charge is 0.320 e. The Hall–Kier alpha value is -1.35. The lowest BCUT2D eigenvalue weighted by Gasteiger charge is -2.29. The molecule has 17 heavy (non-hydrogen) atoms. The number of carboxylic acids is 1. The van der Waals surface area contributed by atoms with Crippen molar-refractivity contribution >= 4 is 5.97 Å². The second-order valence-corrected chi connectivity index (χ2v) is 4.77. The Morgan fingerprint density at radius 2 is 2.18 bits per heavy atom. The molecule has 3 heteroatoms. The van der Waals surface area contributed by atoms with Crippen molar-refractivity contribution in [1.82, 2.24) is 4.90 Å². The van der Waals surface area contributed by atoms with Crippen molar-refractivity contribution in [2.45, 2.75) is 38.8 Å². The minimum atomic E-state index is -0.692. The fraction of sp³-hybridized carbons (Fsp3) is 0.500. The highest BCUT2D eigenvalue weighted by molar-refractivity contribution is 5.73. The molecule has 0 saturated carbocycles. The highest BCUT2D eigenvalue weighted by Gasteiger charge is 2.34. The molecule has 0 amide bonds. The van der Waals surface area contributed by atoms with Gasteiger partial charge in [-0.2, -0.15) is 0 Å². The van der Waals surface area contributed by atoms with E-state index in [0.29, 0.717) is 0 Å². The Morgan fingerprint density at radius 3 is 2.82 bits per heavy atom. The molecule has 1 aliphatic rings. The molecule has 1 aromatic rings.